The Morgan fingerprint density at radius 2 is 1.30 bits per heavy atom. The Hall–Kier alpha value is -5.48. The third kappa shape index (κ3) is 4.88. The van der Waals surface area contributed by atoms with Crippen molar-refractivity contribution in [2.45, 2.75) is 38.6 Å². The average Bonchev–Trinajstić information content (AvgIpc) is 3.82. The molecule has 6 aromatic carbocycles. The van der Waals surface area contributed by atoms with E-state index >= 15 is 0 Å². The summed E-state index contributed by atoms with van der Waals surface area (Å²) in [6, 6.07) is 57.9. The summed E-state index contributed by atoms with van der Waals surface area (Å²) in [5, 5.41) is 6.47. The van der Waals surface area contributed by atoms with Crippen LogP contribution in [0, 0.1) is 19.1 Å². The molecule has 6 heteroatoms. The van der Waals surface area contributed by atoms with Crippen molar-refractivity contribution in [1.82, 2.24) is 9.55 Å². The molecule has 0 unspecified atom stereocenters. The first-order valence-electron chi connectivity index (χ1n) is 17.9. The second kappa shape index (κ2) is 12.3. The van der Waals surface area contributed by atoms with E-state index in [2.05, 4.69) is 183 Å². The Balaban J connectivity index is 0.00000372. The van der Waals surface area contributed by atoms with Crippen molar-refractivity contribution in [2.75, 3.05) is 10.1 Å². The number of hydroxylamine groups is 1. The van der Waals surface area contributed by atoms with Gasteiger partial charge >= 0.3 is 0 Å². The summed E-state index contributed by atoms with van der Waals surface area (Å²) in [6.07, 6.45) is 1.89. The number of fused-ring (bicyclic) bond motifs is 7. The molecule has 2 aliphatic rings. The number of pyridine rings is 1. The zero-order valence-corrected chi connectivity index (χ0v) is 32.2. The van der Waals surface area contributed by atoms with E-state index in [0.29, 0.717) is 0 Å². The first kappa shape index (κ1) is 33.4. The molecule has 0 fully saturated rings. The van der Waals surface area contributed by atoms with Gasteiger partial charge in [0.2, 0.25) is 0 Å². The first-order valence-corrected chi connectivity index (χ1v) is 17.9. The van der Waals surface area contributed by atoms with Crippen LogP contribution in [0.25, 0.3) is 38.8 Å². The van der Waals surface area contributed by atoms with E-state index < -0.39 is 5.41 Å². The van der Waals surface area contributed by atoms with Crippen LogP contribution in [0.4, 0.5) is 17.1 Å². The molecule has 0 amide bonds. The van der Waals surface area contributed by atoms with E-state index in [0.717, 1.165) is 56.0 Å². The molecule has 2 aromatic heterocycles. The molecule has 0 radical (unpaired) electrons. The van der Waals surface area contributed by atoms with E-state index in [9.17, 15) is 0 Å². The number of aryl methyl sites for hydroxylation is 1. The summed E-state index contributed by atoms with van der Waals surface area (Å²) < 4.78 is 2.27. The summed E-state index contributed by atoms with van der Waals surface area (Å²) in [5.41, 5.74) is 12.3. The molecule has 1 aliphatic heterocycles. The van der Waals surface area contributed by atoms with Crippen LogP contribution in [-0.4, -0.2) is 20.0 Å². The number of hydrogen-bond donors (Lipinski definition) is 0. The predicted molar refractivity (Wildman–Crippen MR) is 211 cm³/mol. The number of anilines is 3. The molecule has 0 saturated heterocycles. The SMILES string of the molecule is Cc1ccnc(-n2c3[c-]c(C4(c5[c-]c(N6[OH+]N(C(C)(C)C)c7ccccc76)ccc5)c5ccccc5-c5ccccc54)ccc3c3ccccc32)c1.[Pt]. The molecule has 262 valence electrons. The molecule has 3 heterocycles. The van der Waals surface area contributed by atoms with Crippen LogP contribution < -0.4 is 10.1 Å². The fraction of sp³-hybridized carbons (Fsp3) is 0.128. The predicted octanol–water partition coefficient (Wildman–Crippen LogP) is 11.0. The van der Waals surface area contributed by atoms with Gasteiger partial charge in [0, 0.05) is 43.9 Å². The molecule has 53 heavy (non-hydrogen) atoms. The maximum atomic E-state index is 5.18. The van der Waals surface area contributed by atoms with E-state index in [-0.39, 0.29) is 26.6 Å². The minimum absolute atomic E-state index is 0. The molecule has 1 N–H and O–H groups in total. The largest absolute Gasteiger partial charge is 0.319 e. The standard InChI is InChI=1S/C47H36N4O.Pt/c1-31-26-27-48-45(28-31)49-41-21-10-7-18-37(41)38-25-24-33(30-44(38)49)47(39-19-8-5-16-35(39)36-17-6-9-20-40(36)47)32-14-13-15-34(29-32)50-42-22-11-12-23-43(42)51(52-50)46(2,3)4;/h5-28H,1-4H3;/q-2;/p+1. The molecule has 0 bridgehead atoms. The monoisotopic (exact) mass is 868 g/mol. The van der Waals surface area contributed by atoms with Crippen molar-refractivity contribution in [2.24, 2.45) is 0 Å². The summed E-state index contributed by atoms with van der Waals surface area (Å²) in [4.78, 5) is 10.1. The maximum absolute atomic E-state index is 5.18. The number of benzene rings is 6. The van der Waals surface area contributed by atoms with Crippen molar-refractivity contribution >= 4 is 38.9 Å². The van der Waals surface area contributed by atoms with Crippen molar-refractivity contribution in [3.05, 3.63) is 186 Å². The summed E-state index contributed by atoms with van der Waals surface area (Å²) in [7, 11) is 0. The first-order chi connectivity index (χ1) is 25.3. The number of para-hydroxylation sites is 3. The van der Waals surface area contributed by atoms with Crippen LogP contribution in [0.3, 0.4) is 0 Å². The van der Waals surface area contributed by atoms with Gasteiger partial charge in [-0.3, -0.25) is 0 Å². The van der Waals surface area contributed by atoms with Gasteiger partial charge in [-0.25, -0.2) is 4.98 Å². The van der Waals surface area contributed by atoms with Crippen LogP contribution in [-0.2, 0) is 26.5 Å². The molecule has 8 aromatic rings. The summed E-state index contributed by atoms with van der Waals surface area (Å²) in [6.45, 7) is 8.69. The zero-order chi connectivity index (χ0) is 35.2. The Morgan fingerprint density at radius 1 is 0.642 bits per heavy atom. The van der Waals surface area contributed by atoms with Crippen molar-refractivity contribution < 1.29 is 26.0 Å². The Bertz CT molecular complexity index is 2660. The fourth-order valence-electron chi connectivity index (χ4n) is 8.43. The molecule has 10 rings (SSSR count). The van der Waals surface area contributed by atoms with E-state index in [1.54, 1.807) is 0 Å². The topological polar surface area (TPSA) is 37.1 Å². The van der Waals surface area contributed by atoms with Gasteiger partial charge in [0.05, 0.1) is 0 Å². The molecule has 0 atom stereocenters. The van der Waals surface area contributed by atoms with Gasteiger partial charge in [-0.2, -0.15) is 35.3 Å². The molecule has 0 saturated carbocycles. The van der Waals surface area contributed by atoms with Gasteiger partial charge in [-0.15, -0.1) is 38.8 Å². The molecular weight excluding hydrogens is 832 g/mol. The quantitative estimate of drug-likeness (QED) is 0.131. The van der Waals surface area contributed by atoms with Crippen molar-refractivity contribution in [1.29, 1.82) is 0 Å². The Labute approximate surface area is 324 Å². The van der Waals surface area contributed by atoms with Gasteiger partial charge in [0.25, 0.3) is 0 Å². The zero-order valence-electron chi connectivity index (χ0n) is 29.9. The van der Waals surface area contributed by atoms with Gasteiger partial charge < -0.3 is 4.57 Å². The minimum Gasteiger partial charge on any atom is -0.319 e. The van der Waals surface area contributed by atoms with Crippen molar-refractivity contribution in [3.8, 4) is 16.9 Å². The molecular formula is C47H37N4OPt-. The minimum atomic E-state index is -0.707. The van der Waals surface area contributed by atoms with Crippen LogP contribution in [0.15, 0.2) is 146 Å². The van der Waals surface area contributed by atoms with Gasteiger partial charge in [0.1, 0.15) is 22.7 Å². The second-order valence-corrected chi connectivity index (χ2v) is 14.8. The van der Waals surface area contributed by atoms with Gasteiger partial charge in [0.15, 0.2) is 0 Å². The molecule has 5 nitrogen and oxygen atoms in total. The number of aromatic nitrogens is 2. The smallest absolute Gasteiger partial charge is 0.145 e. The number of rotatable bonds is 4. The van der Waals surface area contributed by atoms with E-state index in [1.165, 1.54) is 27.6 Å². The maximum Gasteiger partial charge on any atom is 0.145 e. The summed E-state index contributed by atoms with van der Waals surface area (Å²) in [5.74, 6) is 0.882. The van der Waals surface area contributed by atoms with E-state index in [4.69, 9.17) is 9.92 Å². The third-order valence-electron chi connectivity index (χ3n) is 10.6. The number of hydrogen-bond acceptors (Lipinski definition) is 3. The fourth-order valence-corrected chi connectivity index (χ4v) is 8.43. The Kier molecular flexibility index (Phi) is 7.74. The van der Waals surface area contributed by atoms with Crippen LogP contribution >= 0.6 is 0 Å². The normalized spacial score (nSPS) is 14.3. The third-order valence-corrected chi connectivity index (χ3v) is 10.6. The van der Waals surface area contributed by atoms with Crippen LogP contribution in [0.2, 0.25) is 0 Å². The van der Waals surface area contributed by atoms with Crippen LogP contribution in [0.5, 0.6) is 0 Å². The van der Waals surface area contributed by atoms with Gasteiger partial charge in [-0.05, 0) is 91.2 Å². The van der Waals surface area contributed by atoms with Crippen molar-refractivity contribution in [3.63, 3.8) is 0 Å². The average molecular weight is 869 g/mol. The second-order valence-electron chi connectivity index (χ2n) is 14.8. The Morgan fingerprint density at radius 3 is 2.04 bits per heavy atom. The molecule has 1 aliphatic carbocycles. The number of nitrogens with zero attached hydrogens (tertiary/aromatic N) is 4. The van der Waals surface area contributed by atoms with Gasteiger partial charge in [-0.1, -0.05) is 84.4 Å². The molecule has 0 spiro atoms. The van der Waals surface area contributed by atoms with Crippen LogP contribution in [0.1, 0.15) is 48.6 Å². The summed E-state index contributed by atoms with van der Waals surface area (Å²) >= 11 is 0. The van der Waals surface area contributed by atoms with E-state index in [1.807, 2.05) is 17.3 Å².